The van der Waals surface area contributed by atoms with E-state index in [4.69, 9.17) is 9.47 Å². The molecule has 0 aliphatic carbocycles. The summed E-state index contributed by atoms with van der Waals surface area (Å²) in [6, 6.07) is 8.35. The van der Waals surface area contributed by atoms with Crippen molar-refractivity contribution >= 4 is 12.0 Å². The highest BCUT2D eigenvalue weighted by Crippen LogP contribution is 2.37. The molecule has 4 heteroatoms. The molecule has 32 heavy (non-hydrogen) atoms. The SMILES string of the molecule is C=C1OC2(CCN(C(=O)C(C)CC)CC2)OC/C1=C/C(=C)/C(=C/c1ccccc1C)CC. The number of allylic oxidation sites excluding steroid dienone is 3. The fourth-order valence-corrected chi connectivity index (χ4v) is 4.19. The van der Waals surface area contributed by atoms with Gasteiger partial charge in [-0.2, -0.15) is 0 Å². The molecule has 172 valence electrons. The molecule has 1 spiro atoms. The molecule has 2 saturated heterocycles. The first-order chi connectivity index (χ1) is 15.3. The summed E-state index contributed by atoms with van der Waals surface area (Å²) in [7, 11) is 0. The van der Waals surface area contributed by atoms with Gasteiger partial charge in [0, 0.05) is 37.4 Å². The van der Waals surface area contributed by atoms with E-state index in [1.165, 1.54) is 16.7 Å². The van der Waals surface area contributed by atoms with Crippen molar-refractivity contribution in [2.75, 3.05) is 19.7 Å². The number of aryl methyl sites for hydroxylation is 1. The normalized spacial score (nSPS) is 20.9. The van der Waals surface area contributed by atoms with Gasteiger partial charge in [0.15, 0.2) is 0 Å². The second-order valence-corrected chi connectivity index (χ2v) is 8.93. The van der Waals surface area contributed by atoms with E-state index in [2.05, 4.69) is 57.3 Å². The minimum absolute atomic E-state index is 0.0632. The Morgan fingerprint density at radius 1 is 1.25 bits per heavy atom. The van der Waals surface area contributed by atoms with Crippen molar-refractivity contribution in [2.45, 2.75) is 59.2 Å². The predicted octanol–water partition coefficient (Wildman–Crippen LogP) is 6.20. The van der Waals surface area contributed by atoms with Crippen LogP contribution < -0.4 is 0 Å². The van der Waals surface area contributed by atoms with E-state index < -0.39 is 5.79 Å². The maximum atomic E-state index is 12.5. The molecule has 2 aliphatic heterocycles. The Hall–Kier alpha value is -2.59. The second kappa shape index (κ2) is 10.4. The average Bonchev–Trinajstić information content (AvgIpc) is 2.80. The molecule has 2 fully saturated rings. The number of piperidine rings is 1. The van der Waals surface area contributed by atoms with E-state index in [1.54, 1.807) is 0 Å². The minimum atomic E-state index is -0.674. The van der Waals surface area contributed by atoms with Crippen molar-refractivity contribution in [1.29, 1.82) is 0 Å². The molecule has 1 atom stereocenters. The lowest BCUT2D eigenvalue weighted by molar-refractivity contribution is -0.246. The molecule has 0 radical (unpaired) electrons. The van der Waals surface area contributed by atoms with Crippen LogP contribution in [0.2, 0.25) is 0 Å². The lowest BCUT2D eigenvalue weighted by Crippen LogP contribution is -2.52. The number of hydrogen-bond donors (Lipinski definition) is 0. The highest BCUT2D eigenvalue weighted by Gasteiger charge is 2.42. The third-order valence-corrected chi connectivity index (χ3v) is 6.69. The largest absolute Gasteiger partial charge is 0.462 e. The summed E-state index contributed by atoms with van der Waals surface area (Å²) in [6.45, 7) is 18.5. The first kappa shape index (κ1) is 24.1. The number of amides is 1. The van der Waals surface area contributed by atoms with Gasteiger partial charge in [-0.15, -0.1) is 0 Å². The molecule has 0 bridgehead atoms. The van der Waals surface area contributed by atoms with E-state index in [0.717, 1.165) is 24.0 Å². The monoisotopic (exact) mass is 435 g/mol. The van der Waals surface area contributed by atoms with Gasteiger partial charge >= 0.3 is 0 Å². The van der Waals surface area contributed by atoms with E-state index in [0.29, 0.717) is 38.3 Å². The maximum Gasteiger partial charge on any atom is 0.225 e. The molecular formula is C28H37NO3. The lowest BCUT2D eigenvalue weighted by atomic mass is 9.96. The highest BCUT2D eigenvalue weighted by molar-refractivity contribution is 5.78. The minimum Gasteiger partial charge on any atom is -0.462 e. The van der Waals surface area contributed by atoms with Crippen molar-refractivity contribution in [1.82, 2.24) is 4.90 Å². The van der Waals surface area contributed by atoms with Crippen molar-refractivity contribution < 1.29 is 14.3 Å². The molecule has 1 aromatic carbocycles. The number of ether oxygens (including phenoxy) is 2. The molecule has 0 N–H and O–H groups in total. The van der Waals surface area contributed by atoms with Crippen LogP contribution in [-0.4, -0.2) is 36.3 Å². The average molecular weight is 436 g/mol. The smallest absolute Gasteiger partial charge is 0.225 e. The van der Waals surface area contributed by atoms with Gasteiger partial charge in [-0.1, -0.05) is 64.3 Å². The Bertz CT molecular complexity index is 932. The summed E-state index contributed by atoms with van der Waals surface area (Å²) >= 11 is 0. The summed E-state index contributed by atoms with van der Waals surface area (Å²) in [5.41, 5.74) is 5.49. The fraction of sp³-hybridized carbons (Fsp3) is 0.464. The number of nitrogens with zero attached hydrogens (tertiary/aromatic N) is 1. The quantitative estimate of drug-likeness (QED) is 0.500. The van der Waals surface area contributed by atoms with E-state index in [1.807, 2.05) is 24.8 Å². The van der Waals surface area contributed by atoms with Gasteiger partial charge in [-0.3, -0.25) is 4.79 Å². The van der Waals surface area contributed by atoms with Gasteiger partial charge < -0.3 is 14.4 Å². The molecule has 0 aromatic heterocycles. The van der Waals surface area contributed by atoms with E-state index in [9.17, 15) is 4.79 Å². The van der Waals surface area contributed by atoms with Crippen LogP contribution in [0.15, 0.2) is 66.0 Å². The lowest BCUT2D eigenvalue weighted by Gasteiger charge is -2.45. The third-order valence-electron chi connectivity index (χ3n) is 6.69. The molecule has 1 amide bonds. The number of likely N-dealkylation sites (tertiary alicyclic amines) is 1. The highest BCUT2D eigenvalue weighted by atomic mass is 16.7. The molecule has 2 aliphatic rings. The van der Waals surface area contributed by atoms with Gasteiger partial charge in [0.1, 0.15) is 5.76 Å². The molecule has 0 saturated carbocycles. The standard InChI is InChI=1S/C28H37NO3/c1-7-20(3)27(30)29-15-13-28(14-16-29)31-19-26(23(6)32-28)17-22(5)24(8-2)18-25-12-10-9-11-21(25)4/h9-12,17-18,20H,5-8,13-16,19H2,1-4H3/b24-18+,26-17-. The fourth-order valence-electron chi connectivity index (χ4n) is 4.19. The zero-order valence-corrected chi connectivity index (χ0v) is 20.1. The molecule has 2 heterocycles. The maximum absolute atomic E-state index is 12.5. The molecule has 4 nitrogen and oxygen atoms in total. The summed E-state index contributed by atoms with van der Waals surface area (Å²) in [5.74, 6) is 0.257. The van der Waals surface area contributed by atoms with Crippen molar-refractivity contribution in [2.24, 2.45) is 5.92 Å². The van der Waals surface area contributed by atoms with Crippen LogP contribution in [0.1, 0.15) is 57.6 Å². The Kier molecular flexibility index (Phi) is 7.78. The number of rotatable bonds is 6. The topological polar surface area (TPSA) is 38.8 Å². The van der Waals surface area contributed by atoms with E-state index >= 15 is 0 Å². The Morgan fingerprint density at radius 2 is 1.94 bits per heavy atom. The van der Waals surface area contributed by atoms with Crippen LogP contribution >= 0.6 is 0 Å². The summed E-state index contributed by atoms with van der Waals surface area (Å²) < 4.78 is 12.4. The van der Waals surface area contributed by atoms with Gasteiger partial charge in [0.05, 0.1) is 6.61 Å². The Labute approximate surface area is 193 Å². The van der Waals surface area contributed by atoms with Crippen LogP contribution in [0.4, 0.5) is 0 Å². The van der Waals surface area contributed by atoms with Gasteiger partial charge in [0.2, 0.25) is 11.7 Å². The number of carbonyl (C=O) groups excluding carboxylic acids is 1. The molecular weight excluding hydrogens is 398 g/mol. The summed E-state index contributed by atoms with van der Waals surface area (Å²) in [5, 5.41) is 0. The van der Waals surface area contributed by atoms with Crippen LogP contribution in [-0.2, 0) is 14.3 Å². The van der Waals surface area contributed by atoms with Crippen molar-refractivity contribution in [3.63, 3.8) is 0 Å². The van der Waals surface area contributed by atoms with Crippen LogP contribution in [0.3, 0.4) is 0 Å². The first-order valence-electron chi connectivity index (χ1n) is 11.8. The Morgan fingerprint density at radius 3 is 2.53 bits per heavy atom. The first-order valence-corrected chi connectivity index (χ1v) is 11.8. The second-order valence-electron chi connectivity index (χ2n) is 8.93. The van der Waals surface area contributed by atoms with Gasteiger partial charge in [-0.05, 0) is 48.1 Å². The van der Waals surface area contributed by atoms with Gasteiger partial charge in [-0.25, -0.2) is 0 Å². The molecule has 1 unspecified atom stereocenters. The zero-order chi connectivity index (χ0) is 23.3. The van der Waals surface area contributed by atoms with Crippen LogP contribution in [0.25, 0.3) is 6.08 Å². The van der Waals surface area contributed by atoms with E-state index in [-0.39, 0.29) is 11.8 Å². The van der Waals surface area contributed by atoms with Crippen molar-refractivity contribution in [3.05, 3.63) is 77.1 Å². The summed E-state index contributed by atoms with van der Waals surface area (Å²) in [4.78, 5) is 14.4. The third kappa shape index (κ3) is 5.42. The number of carbonyl (C=O) groups is 1. The van der Waals surface area contributed by atoms with Crippen LogP contribution in [0, 0.1) is 12.8 Å². The summed E-state index contributed by atoms with van der Waals surface area (Å²) in [6.07, 6.45) is 7.30. The number of benzene rings is 1. The molecule has 3 rings (SSSR count). The van der Waals surface area contributed by atoms with Crippen molar-refractivity contribution in [3.8, 4) is 0 Å². The van der Waals surface area contributed by atoms with Gasteiger partial charge in [0.25, 0.3) is 0 Å². The van der Waals surface area contributed by atoms with Crippen LogP contribution in [0.5, 0.6) is 0 Å². The Balaban J connectivity index is 1.65. The zero-order valence-electron chi connectivity index (χ0n) is 20.1. The molecule has 1 aromatic rings. The number of hydrogen-bond acceptors (Lipinski definition) is 3. The predicted molar refractivity (Wildman–Crippen MR) is 131 cm³/mol.